The van der Waals surface area contributed by atoms with Crippen LogP contribution in [0.5, 0.6) is 0 Å². The number of fused-ring (bicyclic) bond motifs is 2. The van der Waals surface area contributed by atoms with E-state index < -0.39 is 11.5 Å². The predicted molar refractivity (Wildman–Crippen MR) is 151 cm³/mol. The molecule has 5 aliphatic carbocycles. The van der Waals surface area contributed by atoms with Gasteiger partial charge in [-0.1, -0.05) is 39.0 Å². The van der Waals surface area contributed by atoms with E-state index in [4.69, 9.17) is 0 Å². The molecule has 1 aromatic rings. The monoisotopic (exact) mass is 536 g/mol. The highest BCUT2D eigenvalue weighted by molar-refractivity contribution is 5.94. The fourth-order valence-corrected chi connectivity index (χ4v) is 11.5. The van der Waals surface area contributed by atoms with Gasteiger partial charge in [-0.2, -0.15) is 0 Å². The molecule has 0 aromatic heterocycles. The Bertz CT molecular complexity index is 1170. The van der Waals surface area contributed by atoms with Gasteiger partial charge < -0.3 is 20.4 Å². The number of nitrogens with one attached hydrogen (secondary N) is 1. The van der Waals surface area contributed by atoms with Crippen LogP contribution < -0.4 is 5.32 Å². The molecule has 0 saturated heterocycles. The molecule has 1 aromatic carbocycles. The average Bonchev–Trinajstić information content (AvgIpc) is 3.54. The highest BCUT2D eigenvalue weighted by Crippen LogP contribution is 2.87. The zero-order chi connectivity index (χ0) is 28.2. The van der Waals surface area contributed by atoms with Crippen molar-refractivity contribution in [3.8, 4) is 0 Å². The summed E-state index contributed by atoms with van der Waals surface area (Å²) < 4.78 is 0. The molecule has 11 unspecified atom stereocenters. The van der Waals surface area contributed by atoms with Crippen LogP contribution in [0.4, 0.5) is 0 Å². The molecular formula is C33H48N2O4. The minimum absolute atomic E-state index is 0.00418. The van der Waals surface area contributed by atoms with E-state index in [0.717, 1.165) is 38.5 Å². The first-order valence-corrected chi connectivity index (χ1v) is 15.2. The molecule has 5 fully saturated rings. The Morgan fingerprint density at radius 1 is 1.08 bits per heavy atom. The number of carbonyl (C=O) groups excluding carboxylic acids is 2. The van der Waals surface area contributed by atoms with Crippen LogP contribution in [0, 0.1) is 44.8 Å². The minimum Gasteiger partial charge on any atom is -0.396 e. The van der Waals surface area contributed by atoms with E-state index in [1.165, 1.54) is 0 Å². The summed E-state index contributed by atoms with van der Waals surface area (Å²) >= 11 is 0. The molecule has 214 valence electrons. The summed E-state index contributed by atoms with van der Waals surface area (Å²) in [6, 6.07) is 9.38. The van der Waals surface area contributed by atoms with Crippen molar-refractivity contribution in [2.75, 3.05) is 20.7 Å². The molecule has 0 heterocycles. The number of hydrogen-bond acceptors (Lipinski definition) is 5. The average molecular weight is 537 g/mol. The number of nitrogens with zero attached hydrogens (tertiary/aromatic N) is 1. The lowest BCUT2D eigenvalue weighted by molar-refractivity contribution is -0.172. The maximum Gasteiger partial charge on any atom is 0.251 e. The molecule has 11 atom stereocenters. The van der Waals surface area contributed by atoms with Crippen molar-refractivity contribution in [2.45, 2.75) is 90.8 Å². The van der Waals surface area contributed by atoms with Gasteiger partial charge in [0.2, 0.25) is 0 Å². The van der Waals surface area contributed by atoms with Crippen LogP contribution in [0.3, 0.4) is 0 Å². The second-order valence-electron chi connectivity index (χ2n) is 15.0. The number of Topliss-reactive ketones (excluding diaryl/α,β-unsaturated/α-hetero) is 1. The predicted octanol–water partition coefficient (Wildman–Crippen LogP) is 4.30. The zero-order valence-corrected chi connectivity index (χ0v) is 24.7. The molecule has 6 heteroatoms. The summed E-state index contributed by atoms with van der Waals surface area (Å²) in [5.41, 5.74) is -0.612. The van der Waals surface area contributed by atoms with Gasteiger partial charge in [-0.3, -0.25) is 9.59 Å². The van der Waals surface area contributed by atoms with Crippen molar-refractivity contribution in [1.29, 1.82) is 0 Å². The summed E-state index contributed by atoms with van der Waals surface area (Å²) in [6.07, 6.45) is 5.43. The number of benzene rings is 1. The van der Waals surface area contributed by atoms with Crippen molar-refractivity contribution >= 4 is 11.7 Å². The van der Waals surface area contributed by atoms with E-state index in [1.807, 2.05) is 30.3 Å². The van der Waals surface area contributed by atoms with Gasteiger partial charge in [-0.05, 0) is 99.8 Å². The lowest BCUT2D eigenvalue weighted by Gasteiger charge is -2.63. The molecule has 0 bridgehead atoms. The number of amides is 1. The Labute approximate surface area is 233 Å². The number of rotatable bonds is 5. The van der Waals surface area contributed by atoms with E-state index in [2.05, 4.69) is 52.0 Å². The molecular weight excluding hydrogens is 488 g/mol. The SMILES string of the molecule is CC(C1C(O)CC2(C)C3CCC4C(C)(CO)C(NC(=O)c5ccccc5)CCC45CC35C(=O)CC12C)N(C)C. The quantitative estimate of drug-likeness (QED) is 0.522. The number of aliphatic hydroxyl groups excluding tert-OH is 2. The van der Waals surface area contributed by atoms with Gasteiger partial charge in [0.15, 0.2) is 0 Å². The third-order valence-corrected chi connectivity index (χ3v) is 13.7. The first-order chi connectivity index (χ1) is 18.3. The second-order valence-corrected chi connectivity index (χ2v) is 15.0. The third-order valence-electron chi connectivity index (χ3n) is 13.7. The van der Waals surface area contributed by atoms with Crippen LogP contribution in [0.2, 0.25) is 0 Å². The molecule has 6 nitrogen and oxygen atoms in total. The van der Waals surface area contributed by atoms with Gasteiger partial charge in [-0.15, -0.1) is 0 Å². The summed E-state index contributed by atoms with van der Waals surface area (Å²) in [6.45, 7) is 9.04. The molecule has 2 spiro atoms. The van der Waals surface area contributed by atoms with Crippen molar-refractivity contribution in [3.63, 3.8) is 0 Å². The lowest BCUT2D eigenvalue weighted by Crippen LogP contribution is -2.64. The summed E-state index contributed by atoms with van der Waals surface area (Å²) in [7, 11) is 4.16. The fraction of sp³-hybridized carbons (Fsp3) is 0.758. The Morgan fingerprint density at radius 2 is 1.74 bits per heavy atom. The van der Waals surface area contributed by atoms with Crippen LogP contribution in [0.15, 0.2) is 30.3 Å². The van der Waals surface area contributed by atoms with Crippen LogP contribution in [-0.4, -0.2) is 65.7 Å². The molecule has 39 heavy (non-hydrogen) atoms. The fourth-order valence-electron chi connectivity index (χ4n) is 11.5. The van der Waals surface area contributed by atoms with Crippen LogP contribution in [0.1, 0.15) is 83.0 Å². The minimum atomic E-state index is -0.476. The van der Waals surface area contributed by atoms with Gasteiger partial charge in [-0.25, -0.2) is 0 Å². The van der Waals surface area contributed by atoms with Crippen molar-refractivity contribution in [1.82, 2.24) is 10.2 Å². The number of aliphatic hydroxyl groups is 2. The molecule has 0 radical (unpaired) electrons. The third kappa shape index (κ3) is 3.26. The number of hydrogen-bond donors (Lipinski definition) is 3. The van der Waals surface area contributed by atoms with Gasteiger partial charge >= 0.3 is 0 Å². The van der Waals surface area contributed by atoms with E-state index in [0.29, 0.717) is 17.8 Å². The van der Waals surface area contributed by atoms with Crippen molar-refractivity contribution in [3.05, 3.63) is 35.9 Å². The number of ketones is 1. The Hall–Kier alpha value is -1.76. The second kappa shape index (κ2) is 8.62. The lowest BCUT2D eigenvalue weighted by atomic mass is 9.41. The van der Waals surface area contributed by atoms with E-state index in [-0.39, 0.29) is 64.0 Å². The van der Waals surface area contributed by atoms with Crippen LogP contribution >= 0.6 is 0 Å². The van der Waals surface area contributed by atoms with Crippen molar-refractivity contribution < 1.29 is 19.8 Å². The molecule has 3 N–H and O–H groups in total. The summed E-state index contributed by atoms with van der Waals surface area (Å²) in [4.78, 5) is 29.8. The maximum atomic E-state index is 14.5. The molecule has 1 amide bonds. The van der Waals surface area contributed by atoms with Crippen LogP contribution in [0.25, 0.3) is 0 Å². The van der Waals surface area contributed by atoms with Gasteiger partial charge in [0.1, 0.15) is 5.78 Å². The Balaban J connectivity index is 1.33. The standard InChI is InChI=1S/C33H48N2O4/c1-20(35(5)6)27-22(37)16-30(3)24-13-12-23-29(2,19-36)25(34-28(39)21-10-8-7-9-11-21)14-15-32(23)18-33(24,32)26(38)17-31(27,30)4/h7-11,20,22-25,27,36-37H,12-19H2,1-6H3,(H,34,39). The molecule has 0 aliphatic heterocycles. The largest absolute Gasteiger partial charge is 0.396 e. The van der Waals surface area contributed by atoms with Gasteiger partial charge in [0.25, 0.3) is 5.91 Å². The zero-order valence-electron chi connectivity index (χ0n) is 24.7. The van der Waals surface area contributed by atoms with Gasteiger partial charge in [0, 0.05) is 40.8 Å². The summed E-state index contributed by atoms with van der Waals surface area (Å²) in [5.74, 6) is 0.848. The van der Waals surface area contributed by atoms with Crippen LogP contribution in [-0.2, 0) is 4.79 Å². The topological polar surface area (TPSA) is 89.9 Å². The summed E-state index contributed by atoms with van der Waals surface area (Å²) in [5, 5.41) is 25.7. The molecule has 6 rings (SSSR count). The molecule has 5 saturated carbocycles. The Morgan fingerprint density at radius 3 is 2.38 bits per heavy atom. The van der Waals surface area contributed by atoms with E-state index in [1.54, 1.807) is 0 Å². The first-order valence-electron chi connectivity index (χ1n) is 15.2. The highest BCUT2D eigenvalue weighted by atomic mass is 16.3. The number of carbonyl (C=O) groups is 2. The smallest absolute Gasteiger partial charge is 0.251 e. The van der Waals surface area contributed by atoms with E-state index >= 15 is 0 Å². The first kappa shape index (κ1) is 27.4. The normalized spacial score (nSPS) is 48.9. The van der Waals surface area contributed by atoms with E-state index in [9.17, 15) is 19.8 Å². The van der Waals surface area contributed by atoms with Gasteiger partial charge in [0.05, 0.1) is 12.7 Å². The molecule has 5 aliphatic rings. The van der Waals surface area contributed by atoms with Crippen molar-refractivity contribution in [2.24, 2.45) is 44.8 Å². The maximum absolute atomic E-state index is 14.5. The Kier molecular flexibility index (Phi) is 6.06. The highest BCUT2D eigenvalue weighted by Gasteiger charge is 2.86.